The van der Waals surface area contributed by atoms with Crippen LogP contribution in [0.5, 0.6) is 0 Å². The van der Waals surface area contributed by atoms with Crippen LogP contribution < -0.4 is 4.90 Å². The van der Waals surface area contributed by atoms with Crippen LogP contribution in [0.15, 0.2) is 24.3 Å². The minimum Gasteiger partial charge on any atom is -0.664 e. The molecule has 0 aliphatic carbocycles. The fraction of sp³-hybridized carbons (Fsp3) is 0.571. The summed E-state index contributed by atoms with van der Waals surface area (Å²) >= 11 is 0. The van der Waals surface area contributed by atoms with Gasteiger partial charge in [0.25, 0.3) is 0 Å². The van der Waals surface area contributed by atoms with Gasteiger partial charge in [0.15, 0.2) is 0 Å². The molecule has 0 aliphatic heterocycles. The molecule has 0 heterocycles. The molecule has 18 heavy (non-hydrogen) atoms. The molecule has 0 bridgehead atoms. The summed E-state index contributed by atoms with van der Waals surface area (Å²) in [6.45, 7) is 6.12. The maximum absolute atomic E-state index is 4.12. The molecule has 0 atom stereocenters. The third-order valence-corrected chi connectivity index (χ3v) is 3.01. The van der Waals surface area contributed by atoms with Gasteiger partial charge in [0.2, 0.25) is 0 Å². The molecule has 0 fully saturated rings. The third kappa shape index (κ3) is 5.92. The van der Waals surface area contributed by atoms with E-state index in [1.807, 2.05) is 7.05 Å². The van der Waals surface area contributed by atoms with E-state index in [2.05, 4.69) is 60.4 Å². The summed E-state index contributed by atoms with van der Waals surface area (Å²) in [6, 6.07) is 8.80. The van der Waals surface area contributed by atoms with Crippen LogP contribution in [0.3, 0.4) is 0 Å². The molecule has 0 unspecified atom stereocenters. The SMILES string of the molecule is CCN(C)c1ccc(CN(C)CC[N-]C)cc1.[V]. The van der Waals surface area contributed by atoms with E-state index in [-0.39, 0.29) is 18.6 Å². The van der Waals surface area contributed by atoms with Crippen molar-refractivity contribution in [2.75, 3.05) is 45.7 Å². The summed E-state index contributed by atoms with van der Waals surface area (Å²) in [7, 11) is 6.12. The second kappa shape index (κ2) is 9.45. The molecule has 0 saturated heterocycles. The zero-order chi connectivity index (χ0) is 12.7. The van der Waals surface area contributed by atoms with Gasteiger partial charge < -0.3 is 15.1 Å². The summed E-state index contributed by atoms with van der Waals surface area (Å²) in [6.07, 6.45) is 0. The fourth-order valence-electron chi connectivity index (χ4n) is 1.70. The van der Waals surface area contributed by atoms with Crippen molar-refractivity contribution in [2.24, 2.45) is 0 Å². The van der Waals surface area contributed by atoms with Crippen LogP contribution in [0.1, 0.15) is 12.5 Å². The van der Waals surface area contributed by atoms with Gasteiger partial charge in [-0.25, -0.2) is 0 Å². The van der Waals surface area contributed by atoms with Crippen molar-refractivity contribution in [1.29, 1.82) is 0 Å². The maximum atomic E-state index is 4.12. The minimum absolute atomic E-state index is 0. The zero-order valence-corrected chi connectivity index (χ0v) is 13.3. The number of anilines is 1. The molecule has 1 rings (SSSR count). The molecule has 3 nitrogen and oxygen atoms in total. The number of likely N-dealkylation sites (N-methyl/N-ethyl adjacent to an activating group) is 2. The Morgan fingerprint density at radius 3 is 2.22 bits per heavy atom. The van der Waals surface area contributed by atoms with Crippen molar-refractivity contribution in [3.63, 3.8) is 0 Å². The van der Waals surface area contributed by atoms with Gasteiger partial charge in [0.1, 0.15) is 0 Å². The van der Waals surface area contributed by atoms with Crippen LogP contribution >= 0.6 is 0 Å². The van der Waals surface area contributed by atoms with Crippen molar-refractivity contribution >= 4 is 5.69 Å². The normalized spacial score (nSPS) is 10.3. The van der Waals surface area contributed by atoms with Gasteiger partial charge >= 0.3 is 0 Å². The molecule has 4 heteroatoms. The number of benzene rings is 1. The first-order valence-corrected chi connectivity index (χ1v) is 6.21. The Balaban J connectivity index is 0.00000289. The predicted molar refractivity (Wildman–Crippen MR) is 75.9 cm³/mol. The molecule has 0 aliphatic rings. The van der Waals surface area contributed by atoms with E-state index in [0.717, 1.165) is 26.2 Å². The first-order chi connectivity index (χ1) is 8.17. The summed E-state index contributed by atoms with van der Waals surface area (Å²) in [5, 5.41) is 4.12. The Labute approximate surface area is 123 Å². The molecule has 101 valence electrons. The van der Waals surface area contributed by atoms with Crippen LogP contribution in [0, 0.1) is 0 Å². The monoisotopic (exact) mass is 285 g/mol. The van der Waals surface area contributed by atoms with Crippen molar-refractivity contribution in [2.45, 2.75) is 13.5 Å². The molecule has 1 aromatic rings. The number of nitrogens with zero attached hydrogens (tertiary/aromatic N) is 3. The van der Waals surface area contributed by atoms with Gasteiger partial charge in [-0.2, -0.15) is 7.05 Å². The van der Waals surface area contributed by atoms with Gasteiger partial charge in [-0.3, -0.25) is 0 Å². The molecular weight excluding hydrogens is 261 g/mol. The van der Waals surface area contributed by atoms with Crippen LogP contribution in [0.2, 0.25) is 0 Å². The van der Waals surface area contributed by atoms with Crippen LogP contribution in [-0.2, 0) is 25.1 Å². The number of rotatable bonds is 7. The molecule has 0 spiro atoms. The average Bonchev–Trinajstić information content (AvgIpc) is 2.36. The predicted octanol–water partition coefficient (Wildman–Crippen LogP) is 2.58. The van der Waals surface area contributed by atoms with E-state index in [0.29, 0.717) is 0 Å². The van der Waals surface area contributed by atoms with E-state index in [1.54, 1.807) is 0 Å². The van der Waals surface area contributed by atoms with E-state index in [9.17, 15) is 0 Å². The second-order valence-corrected chi connectivity index (χ2v) is 4.46. The molecule has 1 aromatic carbocycles. The van der Waals surface area contributed by atoms with Gasteiger partial charge in [-0.1, -0.05) is 12.1 Å². The second-order valence-electron chi connectivity index (χ2n) is 4.46. The van der Waals surface area contributed by atoms with Crippen molar-refractivity contribution in [1.82, 2.24) is 4.90 Å². The van der Waals surface area contributed by atoms with E-state index < -0.39 is 0 Å². The summed E-state index contributed by atoms with van der Waals surface area (Å²) < 4.78 is 0. The van der Waals surface area contributed by atoms with Crippen molar-refractivity contribution in [3.8, 4) is 0 Å². The van der Waals surface area contributed by atoms with Crippen molar-refractivity contribution < 1.29 is 18.6 Å². The molecule has 0 N–H and O–H groups in total. The number of hydrogen-bond donors (Lipinski definition) is 0. The van der Waals surface area contributed by atoms with Gasteiger partial charge in [-0.15, -0.1) is 6.54 Å². The Kier molecular flexibility index (Phi) is 9.20. The van der Waals surface area contributed by atoms with Crippen molar-refractivity contribution in [3.05, 3.63) is 35.1 Å². The molecule has 1 radical (unpaired) electrons. The summed E-state index contributed by atoms with van der Waals surface area (Å²) in [4.78, 5) is 4.54. The quantitative estimate of drug-likeness (QED) is 0.767. The van der Waals surface area contributed by atoms with Gasteiger partial charge in [0.05, 0.1) is 0 Å². The van der Waals surface area contributed by atoms with Crippen LogP contribution in [0.4, 0.5) is 5.69 Å². The van der Waals surface area contributed by atoms with E-state index >= 15 is 0 Å². The topological polar surface area (TPSA) is 20.6 Å². The summed E-state index contributed by atoms with van der Waals surface area (Å²) in [5.41, 5.74) is 2.64. The maximum Gasteiger partial charge on any atom is 0.0363 e. The first-order valence-electron chi connectivity index (χ1n) is 6.21. The zero-order valence-electron chi connectivity index (χ0n) is 11.9. The number of hydrogen-bond acceptors (Lipinski definition) is 2. The standard InChI is InChI=1S/C14H24N3.V/c1-5-17(4)14-8-6-13(7-9-14)12-16(3)11-10-15-2;/h6-9H,5,10-12H2,1-4H3;/q-1;. The Morgan fingerprint density at radius 2 is 1.72 bits per heavy atom. The largest absolute Gasteiger partial charge is 0.664 e. The minimum atomic E-state index is 0. The molecular formula is C14H24N3V-. The molecule has 0 aromatic heterocycles. The smallest absolute Gasteiger partial charge is 0.0363 e. The third-order valence-electron chi connectivity index (χ3n) is 3.01. The van der Waals surface area contributed by atoms with E-state index in [4.69, 9.17) is 0 Å². The fourth-order valence-corrected chi connectivity index (χ4v) is 1.70. The Bertz CT molecular complexity index is 313. The van der Waals surface area contributed by atoms with Gasteiger partial charge in [0, 0.05) is 44.4 Å². The molecule has 0 saturated carbocycles. The van der Waals surface area contributed by atoms with Crippen LogP contribution in [0.25, 0.3) is 5.32 Å². The average molecular weight is 285 g/mol. The molecule has 0 amide bonds. The van der Waals surface area contributed by atoms with E-state index in [1.165, 1.54) is 11.3 Å². The van der Waals surface area contributed by atoms with Crippen LogP contribution in [-0.4, -0.2) is 45.7 Å². The summed E-state index contributed by atoms with van der Waals surface area (Å²) in [5.74, 6) is 0. The Morgan fingerprint density at radius 1 is 1.11 bits per heavy atom. The first kappa shape index (κ1) is 17.5. The Hall–Kier alpha value is -0.476. The van der Waals surface area contributed by atoms with Gasteiger partial charge in [-0.05, 0) is 38.2 Å².